The number of benzene rings is 1. The Morgan fingerprint density at radius 3 is 2.10 bits per heavy atom. The van der Waals surface area contributed by atoms with Gasteiger partial charge in [0.2, 0.25) is 0 Å². The third kappa shape index (κ3) is 8.25. The second-order valence-corrected chi connectivity index (χ2v) is 11.2. The molecule has 0 atom stereocenters. The summed E-state index contributed by atoms with van der Waals surface area (Å²) in [6.07, 6.45) is 13.6. The first-order chi connectivity index (χ1) is 19.3. The number of nitrogens with zero attached hydrogens (tertiary/aromatic N) is 2. The van der Waals surface area contributed by atoms with Gasteiger partial charge in [0, 0.05) is 0 Å². The number of dihydropyridines is 2. The summed E-state index contributed by atoms with van der Waals surface area (Å²) in [5, 5.41) is 6.70. The molecule has 0 bridgehead atoms. The number of aromatic nitrogens is 1. The summed E-state index contributed by atoms with van der Waals surface area (Å²) in [6, 6.07) is 7.86. The van der Waals surface area contributed by atoms with Gasteiger partial charge in [-0.3, -0.25) is 0 Å². The number of carbonyl (C=O) groups is 2. The Morgan fingerprint density at radius 2 is 1.55 bits per heavy atom. The SMILES string of the molecule is CN(C)CCc1cn(CO[PH](O)(OCOC(=O)C2=CNC=CC2)OCOC(=O)C2=CNC=CC2)c2ccccc12. The van der Waals surface area contributed by atoms with Crippen LogP contribution in [0.25, 0.3) is 10.9 Å². The molecule has 13 heteroatoms. The first kappa shape index (κ1) is 29.5. The van der Waals surface area contributed by atoms with Gasteiger partial charge in [-0.05, 0) is 0 Å². The number of rotatable bonds is 14. The summed E-state index contributed by atoms with van der Waals surface area (Å²) < 4.78 is 28.7. The third-order valence-electron chi connectivity index (χ3n) is 6.09. The zero-order valence-electron chi connectivity index (χ0n) is 22.5. The summed E-state index contributed by atoms with van der Waals surface area (Å²) >= 11 is 0. The van der Waals surface area contributed by atoms with Crippen molar-refractivity contribution in [3.05, 3.63) is 84.1 Å². The Bertz CT molecular complexity index is 1270. The Balaban J connectivity index is 1.41. The van der Waals surface area contributed by atoms with E-state index in [-0.39, 0.29) is 6.73 Å². The number of esters is 2. The fraction of sp³-hybridized carbons (Fsp3) is 0.333. The maximum atomic E-state index is 12.3. The molecule has 0 aliphatic carbocycles. The van der Waals surface area contributed by atoms with Crippen LogP contribution >= 0.6 is 8.17 Å². The van der Waals surface area contributed by atoms with Crippen LogP contribution in [0.1, 0.15) is 18.4 Å². The molecule has 2 aliphatic heterocycles. The molecule has 1 aromatic carbocycles. The van der Waals surface area contributed by atoms with Crippen molar-refractivity contribution in [2.45, 2.75) is 26.0 Å². The van der Waals surface area contributed by atoms with Gasteiger partial charge in [0.15, 0.2) is 0 Å². The average molecular weight is 575 g/mol. The van der Waals surface area contributed by atoms with E-state index in [9.17, 15) is 14.5 Å². The maximum absolute atomic E-state index is 12.3. The number of hydrogen-bond donors (Lipinski definition) is 3. The van der Waals surface area contributed by atoms with Crippen molar-refractivity contribution in [3.8, 4) is 0 Å². The van der Waals surface area contributed by atoms with E-state index in [0.29, 0.717) is 24.0 Å². The van der Waals surface area contributed by atoms with E-state index < -0.39 is 33.7 Å². The summed E-state index contributed by atoms with van der Waals surface area (Å²) in [6.45, 7) is -0.513. The molecule has 3 N–H and O–H groups in total. The van der Waals surface area contributed by atoms with Crippen molar-refractivity contribution >= 4 is 31.0 Å². The minimum atomic E-state index is -4.46. The van der Waals surface area contributed by atoms with Gasteiger partial charge in [-0.2, -0.15) is 0 Å². The third-order valence-corrected chi connectivity index (χ3v) is 7.55. The molecule has 12 nitrogen and oxygen atoms in total. The molecule has 4 rings (SSSR count). The van der Waals surface area contributed by atoms with E-state index in [0.717, 1.165) is 29.4 Å². The van der Waals surface area contributed by atoms with Crippen LogP contribution in [-0.2, 0) is 45.8 Å². The summed E-state index contributed by atoms with van der Waals surface area (Å²) in [5.74, 6) is -1.24. The molecule has 1 aromatic heterocycles. The molecule has 40 heavy (non-hydrogen) atoms. The van der Waals surface area contributed by atoms with Crippen LogP contribution in [0.3, 0.4) is 0 Å². The number of likely N-dealkylation sites (N-methyl/N-ethyl adjacent to an activating group) is 1. The first-order valence-electron chi connectivity index (χ1n) is 12.7. The predicted octanol–water partition coefficient (Wildman–Crippen LogP) is 2.94. The summed E-state index contributed by atoms with van der Waals surface area (Å²) in [4.78, 5) is 37.9. The van der Waals surface area contributed by atoms with Crippen LogP contribution in [0.2, 0.25) is 0 Å². The molecule has 0 radical (unpaired) electrons. The second-order valence-electron chi connectivity index (χ2n) is 9.27. The van der Waals surface area contributed by atoms with Crippen molar-refractivity contribution in [1.82, 2.24) is 20.1 Å². The fourth-order valence-electron chi connectivity index (χ4n) is 3.96. The van der Waals surface area contributed by atoms with Gasteiger partial charge in [0.1, 0.15) is 0 Å². The van der Waals surface area contributed by atoms with E-state index in [2.05, 4.69) is 15.5 Å². The van der Waals surface area contributed by atoms with Crippen molar-refractivity contribution < 1.29 is 37.5 Å². The molecule has 0 amide bonds. The predicted molar refractivity (Wildman–Crippen MR) is 150 cm³/mol. The average Bonchev–Trinajstić information content (AvgIpc) is 3.33. The monoisotopic (exact) mass is 574 g/mol. The van der Waals surface area contributed by atoms with Gasteiger partial charge in [-0.25, -0.2) is 0 Å². The number of hydrogen-bond acceptors (Lipinski definition) is 11. The molecule has 0 saturated carbocycles. The molecule has 216 valence electrons. The fourth-order valence-corrected chi connectivity index (χ4v) is 4.92. The molecule has 2 aromatic rings. The van der Waals surface area contributed by atoms with Crippen LogP contribution < -0.4 is 10.6 Å². The van der Waals surface area contributed by atoms with Crippen molar-refractivity contribution in [2.75, 3.05) is 34.2 Å². The van der Waals surface area contributed by atoms with Gasteiger partial charge in [-0.1, -0.05) is 0 Å². The van der Waals surface area contributed by atoms with E-state index in [1.807, 2.05) is 49.1 Å². The van der Waals surface area contributed by atoms with E-state index >= 15 is 0 Å². The summed E-state index contributed by atoms with van der Waals surface area (Å²) in [7, 11) is -0.436. The second kappa shape index (κ2) is 14.2. The van der Waals surface area contributed by atoms with Gasteiger partial charge >= 0.3 is 233 Å². The molecule has 0 saturated heterocycles. The molecular weight excluding hydrogens is 539 g/mol. The number of carbonyl (C=O) groups excluding carboxylic acids is 2. The van der Waals surface area contributed by atoms with Gasteiger partial charge in [0.05, 0.1) is 0 Å². The topological polar surface area (TPSA) is 133 Å². The van der Waals surface area contributed by atoms with Crippen molar-refractivity contribution in [1.29, 1.82) is 0 Å². The van der Waals surface area contributed by atoms with Crippen LogP contribution in [-0.4, -0.2) is 60.5 Å². The van der Waals surface area contributed by atoms with Gasteiger partial charge in [0.25, 0.3) is 0 Å². The van der Waals surface area contributed by atoms with Crippen molar-refractivity contribution in [3.63, 3.8) is 0 Å². The van der Waals surface area contributed by atoms with Gasteiger partial charge < -0.3 is 0 Å². The minimum absolute atomic E-state index is 0.118. The number of allylic oxidation sites excluding steroid dienone is 2. The zero-order chi connectivity index (χ0) is 28.4. The Morgan fingerprint density at radius 1 is 0.950 bits per heavy atom. The van der Waals surface area contributed by atoms with Crippen molar-refractivity contribution in [2.24, 2.45) is 0 Å². The van der Waals surface area contributed by atoms with E-state index in [1.54, 1.807) is 24.6 Å². The van der Waals surface area contributed by atoms with Gasteiger partial charge in [-0.15, -0.1) is 0 Å². The molecule has 0 fully saturated rings. The Kier molecular flexibility index (Phi) is 10.5. The first-order valence-corrected chi connectivity index (χ1v) is 14.4. The number of nitrogens with one attached hydrogen (secondary N) is 2. The number of fused-ring (bicyclic) bond motifs is 1. The van der Waals surface area contributed by atoms with Crippen LogP contribution in [0.4, 0.5) is 0 Å². The Labute approximate surface area is 233 Å². The molecule has 0 unspecified atom stereocenters. The number of ether oxygens (including phenoxy) is 2. The van der Waals surface area contributed by atoms with Crippen LogP contribution in [0.5, 0.6) is 0 Å². The molecule has 0 spiro atoms. The molecule has 3 heterocycles. The van der Waals surface area contributed by atoms with E-state index in [1.165, 1.54) is 12.4 Å². The van der Waals surface area contributed by atoms with Crippen LogP contribution in [0, 0.1) is 0 Å². The Hall–Kier alpha value is -3.51. The summed E-state index contributed by atoms with van der Waals surface area (Å²) in [5.41, 5.74) is 2.80. The molecule has 2 aliphatic rings. The zero-order valence-corrected chi connectivity index (χ0v) is 23.5. The molecular formula is C27H35N4O8P. The van der Waals surface area contributed by atoms with Crippen LogP contribution in [0.15, 0.2) is 78.6 Å². The van der Waals surface area contributed by atoms with E-state index in [4.69, 9.17) is 23.0 Å². The number of para-hydroxylation sites is 1. The standard InChI is InChI=1S/C27H35N4O8P/c1-30(2)14-11-23-17-31(25-10-4-3-9-24(23)25)18-37-40(34,38-19-35-26(32)21-7-5-12-28-15-21)39-20-36-27(33)22-8-6-13-29-16-22/h3-6,9-10,12-13,15-17,28-29,34,40H,7-8,11,14,18-20H2,1-2H3. The normalized spacial score (nSPS) is 15.3. The quantitative estimate of drug-likeness (QED) is 0.175.